The molecule has 2 N–H and O–H groups in total. The van der Waals surface area contributed by atoms with Crippen molar-refractivity contribution < 1.29 is 14.4 Å². The van der Waals surface area contributed by atoms with Crippen molar-refractivity contribution in [3.8, 4) is 0 Å². The lowest BCUT2D eigenvalue weighted by Gasteiger charge is -2.16. The summed E-state index contributed by atoms with van der Waals surface area (Å²) in [6.45, 7) is 0. The molecule has 2 heterocycles. The highest BCUT2D eigenvalue weighted by molar-refractivity contribution is 6.36. The summed E-state index contributed by atoms with van der Waals surface area (Å²) in [5.74, 6) is -0.818. The molecule has 0 unspecified atom stereocenters. The Labute approximate surface area is 171 Å². The SMILES string of the molecule is O=C(Nc1ccc(N2C(=O)N[C@@H](c3ccccc3)C2=O)c(Cl)c1)c1ccccn1. The first kappa shape index (κ1) is 18.6. The van der Waals surface area contributed by atoms with Crippen molar-refractivity contribution in [2.45, 2.75) is 6.04 Å². The molecule has 29 heavy (non-hydrogen) atoms. The third-order valence-corrected chi connectivity index (χ3v) is 4.72. The van der Waals surface area contributed by atoms with E-state index in [1.807, 2.05) is 6.07 Å². The highest BCUT2D eigenvalue weighted by Crippen LogP contribution is 2.34. The van der Waals surface area contributed by atoms with Gasteiger partial charge in [0.05, 0.1) is 10.7 Å². The summed E-state index contributed by atoms with van der Waals surface area (Å²) < 4.78 is 0. The average molecular weight is 407 g/mol. The summed E-state index contributed by atoms with van der Waals surface area (Å²) >= 11 is 6.32. The number of amides is 4. The van der Waals surface area contributed by atoms with E-state index in [1.54, 1.807) is 48.5 Å². The van der Waals surface area contributed by atoms with Crippen molar-refractivity contribution in [1.82, 2.24) is 10.3 Å². The Morgan fingerprint density at radius 1 is 1.03 bits per heavy atom. The molecule has 2 aromatic carbocycles. The number of benzene rings is 2. The molecule has 0 bridgehead atoms. The van der Waals surface area contributed by atoms with E-state index in [9.17, 15) is 14.4 Å². The summed E-state index contributed by atoms with van der Waals surface area (Å²) in [7, 11) is 0. The maximum atomic E-state index is 12.8. The molecule has 144 valence electrons. The molecule has 0 radical (unpaired) electrons. The second-order valence-corrected chi connectivity index (χ2v) is 6.71. The number of pyridine rings is 1. The summed E-state index contributed by atoms with van der Waals surface area (Å²) in [5, 5.41) is 5.50. The zero-order valence-electron chi connectivity index (χ0n) is 15.0. The van der Waals surface area contributed by atoms with Crippen LogP contribution in [0.25, 0.3) is 0 Å². The minimum atomic E-state index is -0.775. The molecule has 0 saturated carbocycles. The molecular formula is C21H15ClN4O3. The van der Waals surface area contributed by atoms with Gasteiger partial charge in [0, 0.05) is 11.9 Å². The van der Waals surface area contributed by atoms with Gasteiger partial charge < -0.3 is 10.6 Å². The van der Waals surface area contributed by atoms with Gasteiger partial charge in [0.15, 0.2) is 0 Å². The molecule has 1 aliphatic rings. The van der Waals surface area contributed by atoms with Gasteiger partial charge in [-0.1, -0.05) is 48.0 Å². The molecule has 4 amide bonds. The predicted octanol–water partition coefficient (Wildman–Crippen LogP) is 3.78. The van der Waals surface area contributed by atoms with Crippen molar-refractivity contribution in [3.05, 3.63) is 89.2 Å². The fourth-order valence-corrected chi connectivity index (χ4v) is 3.30. The van der Waals surface area contributed by atoms with Crippen LogP contribution in [-0.2, 0) is 4.79 Å². The van der Waals surface area contributed by atoms with E-state index in [0.717, 1.165) is 4.90 Å². The Balaban J connectivity index is 1.56. The maximum Gasteiger partial charge on any atom is 0.329 e. The quantitative estimate of drug-likeness (QED) is 0.645. The molecular weight excluding hydrogens is 392 g/mol. The summed E-state index contributed by atoms with van der Waals surface area (Å²) in [6, 6.07) is 17.2. The van der Waals surface area contributed by atoms with E-state index < -0.39 is 23.9 Å². The van der Waals surface area contributed by atoms with Crippen molar-refractivity contribution in [2.75, 3.05) is 10.2 Å². The zero-order valence-corrected chi connectivity index (χ0v) is 15.8. The average Bonchev–Trinajstić information content (AvgIpc) is 3.04. The Hall–Kier alpha value is -3.71. The van der Waals surface area contributed by atoms with Crippen LogP contribution in [0.2, 0.25) is 5.02 Å². The number of carbonyl (C=O) groups excluding carboxylic acids is 3. The zero-order chi connectivity index (χ0) is 20.4. The van der Waals surface area contributed by atoms with E-state index in [2.05, 4.69) is 15.6 Å². The smallest absolute Gasteiger partial charge is 0.321 e. The van der Waals surface area contributed by atoms with Gasteiger partial charge in [-0.15, -0.1) is 0 Å². The molecule has 1 aliphatic heterocycles. The van der Waals surface area contributed by atoms with Crippen LogP contribution in [0.3, 0.4) is 0 Å². The molecule has 1 saturated heterocycles. The normalized spacial score (nSPS) is 15.9. The summed E-state index contributed by atoms with van der Waals surface area (Å²) in [5.41, 5.74) is 1.60. The van der Waals surface area contributed by atoms with Crippen molar-refractivity contribution >= 4 is 40.8 Å². The third kappa shape index (κ3) is 3.68. The first-order chi connectivity index (χ1) is 14.0. The van der Waals surface area contributed by atoms with Crippen LogP contribution in [0.15, 0.2) is 72.9 Å². The lowest BCUT2D eigenvalue weighted by atomic mass is 10.1. The van der Waals surface area contributed by atoms with Crippen LogP contribution >= 0.6 is 11.6 Å². The molecule has 0 spiro atoms. The largest absolute Gasteiger partial charge is 0.329 e. The standard InChI is InChI=1S/C21H15ClN4O3/c22-15-12-14(24-19(27)16-8-4-5-11-23-16)9-10-17(15)26-20(28)18(25-21(26)29)13-6-2-1-3-7-13/h1-12,18H,(H,24,27)(H,25,29)/t18-/m0/s1. The van der Waals surface area contributed by atoms with E-state index in [1.165, 1.54) is 18.3 Å². The van der Waals surface area contributed by atoms with Gasteiger partial charge in [0.1, 0.15) is 11.7 Å². The van der Waals surface area contributed by atoms with Crippen LogP contribution in [0.4, 0.5) is 16.2 Å². The molecule has 8 heteroatoms. The number of nitrogens with one attached hydrogen (secondary N) is 2. The van der Waals surface area contributed by atoms with E-state index in [-0.39, 0.29) is 16.4 Å². The van der Waals surface area contributed by atoms with Gasteiger partial charge in [0.25, 0.3) is 11.8 Å². The van der Waals surface area contributed by atoms with Crippen LogP contribution < -0.4 is 15.5 Å². The third-order valence-electron chi connectivity index (χ3n) is 4.42. The van der Waals surface area contributed by atoms with E-state index in [4.69, 9.17) is 11.6 Å². The van der Waals surface area contributed by atoms with Crippen LogP contribution in [-0.4, -0.2) is 22.8 Å². The number of carbonyl (C=O) groups is 3. The molecule has 0 aliphatic carbocycles. The molecule has 4 rings (SSSR count). The second kappa shape index (κ2) is 7.73. The second-order valence-electron chi connectivity index (χ2n) is 6.30. The number of halogens is 1. The summed E-state index contributed by atoms with van der Waals surface area (Å²) in [6.07, 6.45) is 1.52. The Morgan fingerprint density at radius 2 is 1.79 bits per heavy atom. The molecule has 3 aromatic rings. The molecule has 1 fully saturated rings. The lowest BCUT2D eigenvalue weighted by molar-refractivity contribution is -0.118. The molecule has 7 nitrogen and oxygen atoms in total. The van der Waals surface area contributed by atoms with Gasteiger partial charge in [-0.2, -0.15) is 0 Å². The van der Waals surface area contributed by atoms with E-state index >= 15 is 0 Å². The number of urea groups is 1. The van der Waals surface area contributed by atoms with Crippen molar-refractivity contribution in [1.29, 1.82) is 0 Å². The lowest BCUT2D eigenvalue weighted by Crippen LogP contribution is -2.31. The van der Waals surface area contributed by atoms with Crippen LogP contribution in [0, 0.1) is 0 Å². The van der Waals surface area contributed by atoms with Gasteiger partial charge >= 0.3 is 6.03 Å². The minimum Gasteiger partial charge on any atom is -0.321 e. The monoisotopic (exact) mass is 406 g/mol. The van der Waals surface area contributed by atoms with Gasteiger partial charge in [-0.3, -0.25) is 14.6 Å². The fourth-order valence-electron chi connectivity index (χ4n) is 3.04. The van der Waals surface area contributed by atoms with Crippen LogP contribution in [0.5, 0.6) is 0 Å². The predicted molar refractivity (Wildman–Crippen MR) is 109 cm³/mol. The first-order valence-electron chi connectivity index (χ1n) is 8.76. The number of imide groups is 1. The summed E-state index contributed by atoms with van der Waals surface area (Å²) in [4.78, 5) is 42.5. The van der Waals surface area contributed by atoms with Gasteiger partial charge in [-0.05, 0) is 35.9 Å². The number of hydrogen-bond donors (Lipinski definition) is 2. The van der Waals surface area contributed by atoms with Crippen LogP contribution in [0.1, 0.15) is 22.1 Å². The number of rotatable bonds is 4. The fraction of sp³-hybridized carbons (Fsp3) is 0.0476. The highest BCUT2D eigenvalue weighted by Gasteiger charge is 2.40. The Kier molecular flexibility index (Phi) is 4.97. The number of anilines is 2. The number of nitrogens with zero attached hydrogens (tertiary/aromatic N) is 2. The highest BCUT2D eigenvalue weighted by atomic mass is 35.5. The maximum absolute atomic E-state index is 12.8. The molecule has 1 aromatic heterocycles. The first-order valence-corrected chi connectivity index (χ1v) is 9.14. The van der Waals surface area contributed by atoms with Crippen molar-refractivity contribution in [2.24, 2.45) is 0 Å². The Morgan fingerprint density at radius 3 is 2.48 bits per heavy atom. The van der Waals surface area contributed by atoms with Gasteiger partial charge in [0.2, 0.25) is 0 Å². The van der Waals surface area contributed by atoms with E-state index in [0.29, 0.717) is 11.3 Å². The number of hydrogen-bond acceptors (Lipinski definition) is 4. The number of aromatic nitrogens is 1. The van der Waals surface area contributed by atoms with Crippen molar-refractivity contribution in [3.63, 3.8) is 0 Å². The molecule has 1 atom stereocenters. The minimum absolute atomic E-state index is 0.154. The topological polar surface area (TPSA) is 91.4 Å². The van der Waals surface area contributed by atoms with Gasteiger partial charge in [-0.25, -0.2) is 9.69 Å². The Bertz CT molecular complexity index is 1090.